The van der Waals surface area contributed by atoms with Crippen molar-refractivity contribution in [2.75, 3.05) is 36.4 Å². The van der Waals surface area contributed by atoms with Crippen LogP contribution in [0.5, 0.6) is 0 Å². The fraction of sp³-hybridized carbons (Fsp3) is 0.364. The van der Waals surface area contributed by atoms with Crippen molar-refractivity contribution in [1.29, 1.82) is 0 Å². The third-order valence-corrected chi connectivity index (χ3v) is 5.30. The smallest absolute Gasteiger partial charge is 0.321 e. The van der Waals surface area contributed by atoms with E-state index >= 15 is 0 Å². The summed E-state index contributed by atoms with van der Waals surface area (Å²) in [4.78, 5) is 29.4. The first-order valence-corrected chi connectivity index (χ1v) is 10.1. The van der Waals surface area contributed by atoms with E-state index in [0.717, 1.165) is 30.4 Å². The summed E-state index contributed by atoms with van der Waals surface area (Å²) in [5.41, 5.74) is 2.16. The Morgan fingerprint density at radius 2 is 1.70 bits per heavy atom. The quantitative estimate of drug-likeness (QED) is 0.723. The number of nitrogens with one attached hydrogen (secondary N) is 1. The molecule has 8 heteroatoms. The molecule has 2 aromatic heterocycles. The first-order valence-electron chi connectivity index (χ1n) is 10.1. The number of carbonyl (C=O) groups is 1. The minimum absolute atomic E-state index is 0.0695. The number of hydrogen-bond donors (Lipinski definition) is 1. The van der Waals surface area contributed by atoms with Gasteiger partial charge < -0.3 is 15.1 Å². The van der Waals surface area contributed by atoms with Gasteiger partial charge in [0.25, 0.3) is 0 Å². The Kier molecular flexibility index (Phi) is 5.39. The van der Waals surface area contributed by atoms with E-state index in [0.29, 0.717) is 13.1 Å². The molecule has 0 unspecified atom stereocenters. The Hall–Kier alpha value is -3.42. The van der Waals surface area contributed by atoms with Gasteiger partial charge >= 0.3 is 6.03 Å². The molecule has 1 fully saturated rings. The predicted molar refractivity (Wildman–Crippen MR) is 117 cm³/mol. The molecule has 156 valence electrons. The normalized spacial score (nSPS) is 14.6. The topological polar surface area (TPSA) is 79.2 Å². The van der Waals surface area contributed by atoms with Crippen LogP contribution in [0.1, 0.15) is 26.3 Å². The van der Waals surface area contributed by atoms with E-state index in [4.69, 9.17) is 0 Å². The van der Waals surface area contributed by atoms with Gasteiger partial charge in [0.15, 0.2) is 0 Å². The summed E-state index contributed by atoms with van der Waals surface area (Å²) in [5.74, 6) is 1.63. The maximum Gasteiger partial charge on any atom is 0.321 e. The minimum Gasteiger partial charge on any atom is -0.353 e. The molecule has 1 saturated heterocycles. The molecule has 1 aliphatic rings. The fourth-order valence-electron chi connectivity index (χ4n) is 3.44. The molecule has 4 rings (SSSR count). The number of rotatable bonds is 3. The van der Waals surface area contributed by atoms with E-state index in [2.05, 4.69) is 58.1 Å². The van der Waals surface area contributed by atoms with Gasteiger partial charge in [-0.1, -0.05) is 32.9 Å². The molecule has 0 aliphatic carbocycles. The number of amides is 2. The number of hydrogen-bond acceptors (Lipinski definition) is 5. The highest BCUT2D eigenvalue weighted by atomic mass is 16.2. The Bertz CT molecular complexity index is 985. The summed E-state index contributed by atoms with van der Waals surface area (Å²) in [7, 11) is 0. The van der Waals surface area contributed by atoms with E-state index in [-0.39, 0.29) is 11.4 Å². The standard InChI is InChI=1S/C22H27N7O/c1-22(2,3)17-4-6-18(7-5-17)26-21(30)28-12-10-27(11-13-28)19-14-20(25-15-24-19)29-9-8-23-16-29/h4-9,14-16H,10-13H2,1-3H3,(H,26,30). The number of urea groups is 1. The molecule has 0 radical (unpaired) electrons. The number of aromatic nitrogens is 4. The molecule has 1 N–H and O–H groups in total. The van der Waals surface area contributed by atoms with Gasteiger partial charge in [-0.05, 0) is 23.1 Å². The number of benzene rings is 1. The van der Waals surface area contributed by atoms with E-state index in [1.165, 1.54) is 5.56 Å². The zero-order valence-corrected chi connectivity index (χ0v) is 17.6. The lowest BCUT2D eigenvalue weighted by Gasteiger charge is -2.35. The fourth-order valence-corrected chi connectivity index (χ4v) is 3.44. The molecule has 2 amide bonds. The number of nitrogens with zero attached hydrogens (tertiary/aromatic N) is 6. The van der Waals surface area contributed by atoms with Crippen molar-refractivity contribution < 1.29 is 4.79 Å². The number of anilines is 2. The van der Waals surface area contributed by atoms with Crippen LogP contribution in [0, 0.1) is 0 Å². The second-order valence-electron chi connectivity index (χ2n) is 8.44. The second kappa shape index (κ2) is 8.14. The lowest BCUT2D eigenvalue weighted by atomic mass is 9.87. The Labute approximate surface area is 176 Å². The molecule has 1 aliphatic heterocycles. The lowest BCUT2D eigenvalue weighted by molar-refractivity contribution is 0.208. The van der Waals surface area contributed by atoms with Gasteiger partial charge in [0.2, 0.25) is 0 Å². The predicted octanol–water partition coefficient (Wildman–Crippen LogP) is 3.31. The minimum atomic E-state index is -0.0695. The van der Waals surface area contributed by atoms with E-state index in [1.807, 2.05) is 33.9 Å². The van der Waals surface area contributed by atoms with Gasteiger partial charge in [0.05, 0.1) is 0 Å². The van der Waals surface area contributed by atoms with Crippen LogP contribution in [0.3, 0.4) is 0 Å². The van der Waals surface area contributed by atoms with Gasteiger partial charge in [-0.3, -0.25) is 4.57 Å². The van der Waals surface area contributed by atoms with Gasteiger partial charge in [-0.15, -0.1) is 0 Å². The maximum absolute atomic E-state index is 12.7. The summed E-state index contributed by atoms with van der Waals surface area (Å²) >= 11 is 0. The van der Waals surface area contributed by atoms with Crippen LogP contribution in [-0.2, 0) is 5.41 Å². The van der Waals surface area contributed by atoms with Crippen molar-refractivity contribution in [2.45, 2.75) is 26.2 Å². The lowest BCUT2D eigenvalue weighted by Crippen LogP contribution is -2.50. The van der Waals surface area contributed by atoms with Crippen molar-refractivity contribution >= 4 is 17.5 Å². The van der Waals surface area contributed by atoms with Crippen LogP contribution in [0.4, 0.5) is 16.3 Å². The van der Waals surface area contributed by atoms with Crippen LogP contribution in [0.15, 0.2) is 55.4 Å². The first-order chi connectivity index (χ1) is 14.4. The molecule has 0 bridgehead atoms. The summed E-state index contributed by atoms with van der Waals surface area (Å²) in [5, 5.41) is 3.01. The molecule has 8 nitrogen and oxygen atoms in total. The Morgan fingerprint density at radius 3 is 2.33 bits per heavy atom. The van der Waals surface area contributed by atoms with Crippen LogP contribution >= 0.6 is 0 Å². The van der Waals surface area contributed by atoms with Crippen LogP contribution in [-0.4, -0.2) is 56.6 Å². The monoisotopic (exact) mass is 405 g/mol. The number of carbonyl (C=O) groups excluding carboxylic acids is 1. The zero-order chi connectivity index (χ0) is 21.1. The largest absolute Gasteiger partial charge is 0.353 e. The molecule has 0 spiro atoms. The van der Waals surface area contributed by atoms with E-state index in [1.54, 1.807) is 18.9 Å². The average molecular weight is 406 g/mol. The van der Waals surface area contributed by atoms with Crippen molar-refractivity contribution in [3.8, 4) is 5.82 Å². The summed E-state index contributed by atoms with van der Waals surface area (Å²) in [6.07, 6.45) is 6.84. The highest BCUT2D eigenvalue weighted by molar-refractivity contribution is 5.89. The summed E-state index contributed by atoms with van der Waals surface area (Å²) < 4.78 is 1.85. The van der Waals surface area contributed by atoms with E-state index < -0.39 is 0 Å². The van der Waals surface area contributed by atoms with Crippen molar-refractivity contribution in [3.05, 3.63) is 60.9 Å². The van der Waals surface area contributed by atoms with Gasteiger partial charge in [0.1, 0.15) is 24.3 Å². The van der Waals surface area contributed by atoms with Crippen molar-refractivity contribution in [1.82, 2.24) is 24.4 Å². The van der Waals surface area contributed by atoms with Gasteiger partial charge in [-0.25, -0.2) is 19.7 Å². The zero-order valence-electron chi connectivity index (χ0n) is 17.6. The molecule has 3 aromatic rings. The van der Waals surface area contributed by atoms with Crippen molar-refractivity contribution in [3.63, 3.8) is 0 Å². The summed E-state index contributed by atoms with van der Waals surface area (Å²) in [6, 6.07) is 9.94. The number of imidazole rings is 1. The molecular weight excluding hydrogens is 378 g/mol. The van der Waals surface area contributed by atoms with Gasteiger partial charge in [0, 0.05) is 50.3 Å². The molecule has 3 heterocycles. The molecule has 1 aromatic carbocycles. The highest BCUT2D eigenvalue weighted by Crippen LogP contribution is 2.24. The average Bonchev–Trinajstić information content (AvgIpc) is 3.29. The summed E-state index contributed by atoms with van der Waals surface area (Å²) in [6.45, 7) is 9.24. The van der Waals surface area contributed by atoms with E-state index in [9.17, 15) is 4.79 Å². The second-order valence-corrected chi connectivity index (χ2v) is 8.44. The molecular formula is C22H27N7O. The third-order valence-electron chi connectivity index (χ3n) is 5.30. The van der Waals surface area contributed by atoms with Gasteiger partial charge in [-0.2, -0.15) is 0 Å². The van der Waals surface area contributed by atoms with Crippen LogP contribution in [0.25, 0.3) is 5.82 Å². The molecule has 30 heavy (non-hydrogen) atoms. The Morgan fingerprint density at radius 1 is 1.00 bits per heavy atom. The molecule has 0 saturated carbocycles. The molecule has 0 atom stereocenters. The SMILES string of the molecule is CC(C)(C)c1ccc(NC(=O)N2CCN(c3cc(-n4ccnc4)ncn3)CC2)cc1. The van der Waals surface area contributed by atoms with Crippen molar-refractivity contribution in [2.24, 2.45) is 0 Å². The van der Waals surface area contributed by atoms with Crippen LogP contribution in [0.2, 0.25) is 0 Å². The highest BCUT2D eigenvalue weighted by Gasteiger charge is 2.22. The Balaban J connectivity index is 1.34. The third kappa shape index (κ3) is 4.42. The maximum atomic E-state index is 12.7. The first kappa shape index (κ1) is 19.9. The van der Waals surface area contributed by atoms with Crippen LogP contribution < -0.4 is 10.2 Å². The number of piperazine rings is 1.